The number of carbonyl (C=O) groups excluding carboxylic acids is 1. The van der Waals surface area contributed by atoms with Crippen LogP contribution in [0.15, 0.2) is 51.9 Å². The Hall–Kier alpha value is -3.02. The number of benzene rings is 1. The minimum absolute atomic E-state index is 0.277. The minimum Gasteiger partial charge on any atom is -0.465 e. The zero-order valence-electron chi connectivity index (χ0n) is 10.3. The van der Waals surface area contributed by atoms with Crippen molar-refractivity contribution in [3.63, 3.8) is 0 Å². The van der Waals surface area contributed by atoms with Gasteiger partial charge in [0.25, 0.3) is 0 Å². The lowest BCUT2D eigenvalue weighted by Gasteiger charge is -2.01. The summed E-state index contributed by atoms with van der Waals surface area (Å²) in [5, 5.41) is 2.70. The molecule has 0 unspecified atom stereocenters. The van der Waals surface area contributed by atoms with Gasteiger partial charge in [-0.1, -0.05) is 0 Å². The van der Waals surface area contributed by atoms with Gasteiger partial charge in [-0.05, 0) is 36.4 Å². The fraction of sp³-hybridized carbons (Fsp3) is 0. The highest BCUT2D eigenvalue weighted by Crippen LogP contribution is 2.14. The first-order valence-electron chi connectivity index (χ1n) is 5.95. The number of H-pyrrole nitrogens is 2. The second-order valence-corrected chi connectivity index (χ2v) is 4.18. The van der Waals surface area contributed by atoms with Crippen LogP contribution in [0.2, 0.25) is 0 Å². The number of carbonyl (C=O) groups is 1. The van der Waals surface area contributed by atoms with E-state index in [0.29, 0.717) is 22.5 Å². The van der Waals surface area contributed by atoms with Crippen LogP contribution < -0.4 is 11.0 Å². The summed E-state index contributed by atoms with van der Waals surface area (Å²) in [4.78, 5) is 28.1. The van der Waals surface area contributed by atoms with Crippen molar-refractivity contribution >= 4 is 28.7 Å². The molecule has 0 atom stereocenters. The molecular formula is C14H11N3O3. The molecule has 0 saturated carbocycles. The van der Waals surface area contributed by atoms with Gasteiger partial charge in [0.2, 0.25) is 5.91 Å². The summed E-state index contributed by atoms with van der Waals surface area (Å²) in [6.45, 7) is 0. The third-order valence-electron chi connectivity index (χ3n) is 2.73. The van der Waals surface area contributed by atoms with Gasteiger partial charge >= 0.3 is 5.69 Å². The van der Waals surface area contributed by atoms with Crippen molar-refractivity contribution < 1.29 is 9.21 Å². The summed E-state index contributed by atoms with van der Waals surface area (Å²) >= 11 is 0. The van der Waals surface area contributed by atoms with Crippen LogP contribution in [0.25, 0.3) is 17.1 Å². The molecule has 0 radical (unpaired) electrons. The molecule has 100 valence electrons. The van der Waals surface area contributed by atoms with E-state index >= 15 is 0 Å². The first-order valence-corrected chi connectivity index (χ1v) is 5.95. The van der Waals surface area contributed by atoms with Crippen molar-refractivity contribution in [1.29, 1.82) is 0 Å². The average Bonchev–Trinajstić information content (AvgIpc) is 3.04. The van der Waals surface area contributed by atoms with E-state index in [1.807, 2.05) is 0 Å². The Morgan fingerprint density at radius 3 is 2.85 bits per heavy atom. The maximum Gasteiger partial charge on any atom is 0.323 e. The Bertz CT molecular complexity index is 825. The van der Waals surface area contributed by atoms with Crippen molar-refractivity contribution in [3.8, 4) is 0 Å². The fourth-order valence-corrected chi connectivity index (χ4v) is 1.84. The molecule has 1 aromatic carbocycles. The largest absolute Gasteiger partial charge is 0.465 e. The molecule has 0 bridgehead atoms. The van der Waals surface area contributed by atoms with Crippen LogP contribution in [-0.2, 0) is 4.79 Å². The number of furan rings is 1. The van der Waals surface area contributed by atoms with Crippen LogP contribution in [0, 0.1) is 0 Å². The predicted molar refractivity (Wildman–Crippen MR) is 75.3 cm³/mol. The molecule has 0 aliphatic rings. The lowest BCUT2D eigenvalue weighted by atomic mass is 10.2. The molecule has 3 aromatic rings. The zero-order valence-corrected chi connectivity index (χ0v) is 10.3. The van der Waals surface area contributed by atoms with Crippen LogP contribution in [0.5, 0.6) is 0 Å². The van der Waals surface area contributed by atoms with Crippen LogP contribution >= 0.6 is 0 Å². The summed E-state index contributed by atoms with van der Waals surface area (Å²) in [7, 11) is 0. The number of imidazole rings is 1. The molecular weight excluding hydrogens is 258 g/mol. The molecule has 2 aromatic heterocycles. The Balaban J connectivity index is 1.75. The molecule has 0 spiro atoms. The van der Waals surface area contributed by atoms with Gasteiger partial charge in [0, 0.05) is 11.8 Å². The summed E-state index contributed by atoms with van der Waals surface area (Å²) < 4.78 is 5.08. The third-order valence-corrected chi connectivity index (χ3v) is 2.73. The van der Waals surface area contributed by atoms with Gasteiger partial charge in [0.1, 0.15) is 5.76 Å². The minimum atomic E-state index is -0.279. The highest BCUT2D eigenvalue weighted by atomic mass is 16.3. The molecule has 6 nitrogen and oxygen atoms in total. The van der Waals surface area contributed by atoms with E-state index in [-0.39, 0.29) is 11.6 Å². The summed E-state index contributed by atoms with van der Waals surface area (Å²) in [6.07, 6.45) is 4.49. The first kappa shape index (κ1) is 12.0. The van der Waals surface area contributed by atoms with E-state index in [1.54, 1.807) is 36.4 Å². The highest BCUT2D eigenvalue weighted by Gasteiger charge is 2.02. The molecule has 3 rings (SSSR count). The Morgan fingerprint density at radius 1 is 1.20 bits per heavy atom. The van der Waals surface area contributed by atoms with Crippen molar-refractivity contribution in [2.24, 2.45) is 0 Å². The lowest BCUT2D eigenvalue weighted by molar-refractivity contribution is -0.111. The fourth-order valence-electron chi connectivity index (χ4n) is 1.84. The van der Waals surface area contributed by atoms with Crippen molar-refractivity contribution in [2.75, 3.05) is 5.32 Å². The number of anilines is 1. The molecule has 6 heteroatoms. The Kier molecular flexibility index (Phi) is 2.96. The van der Waals surface area contributed by atoms with E-state index in [0.717, 1.165) is 0 Å². The quantitative estimate of drug-likeness (QED) is 0.636. The molecule has 2 heterocycles. The number of aromatic amines is 2. The molecule has 20 heavy (non-hydrogen) atoms. The van der Waals surface area contributed by atoms with Gasteiger partial charge < -0.3 is 19.7 Å². The third kappa shape index (κ3) is 2.54. The van der Waals surface area contributed by atoms with Crippen molar-refractivity contribution in [1.82, 2.24) is 9.97 Å². The smallest absolute Gasteiger partial charge is 0.323 e. The monoisotopic (exact) mass is 269 g/mol. The molecule has 0 aliphatic carbocycles. The first-order chi connectivity index (χ1) is 9.70. The van der Waals surface area contributed by atoms with Gasteiger partial charge in [0.15, 0.2) is 0 Å². The average molecular weight is 269 g/mol. The lowest BCUT2D eigenvalue weighted by Crippen LogP contribution is -2.07. The Labute approximate surface area is 113 Å². The number of fused-ring (bicyclic) bond motifs is 1. The maximum absolute atomic E-state index is 11.7. The molecule has 0 fully saturated rings. The molecule has 1 amide bonds. The van der Waals surface area contributed by atoms with E-state index in [4.69, 9.17) is 4.42 Å². The number of amides is 1. The van der Waals surface area contributed by atoms with Crippen molar-refractivity contribution in [2.45, 2.75) is 0 Å². The van der Waals surface area contributed by atoms with Crippen LogP contribution in [-0.4, -0.2) is 15.9 Å². The van der Waals surface area contributed by atoms with Gasteiger partial charge in [-0.2, -0.15) is 0 Å². The predicted octanol–water partition coefficient (Wildman–Crippen LogP) is 2.10. The van der Waals surface area contributed by atoms with E-state index in [2.05, 4.69) is 15.3 Å². The van der Waals surface area contributed by atoms with Gasteiger partial charge in [-0.15, -0.1) is 0 Å². The highest BCUT2D eigenvalue weighted by molar-refractivity contribution is 6.02. The second kappa shape index (κ2) is 4.93. The van der Waals surface area contributed by atoms with E-state index in [9.17, 15) is 9.59 Å². The van der Waals surface area contributed by atoms with Crippen LogP contribution in [0.4, 0.5) is 5.69 Å². The number of hydrogen-bond donors (Lipinski definition) is 3. The molecule has 0 aliphatic heterocycles. The number of rotatable bonds is 3. The second-order valence-electron chi connectivity index (χ2n) is 4.18. The standard InChI is InChI=1S/C14H11N3O3/c18-13(6-4-10-2-1-7-20-10)15-9-3-5-11-12(8-9)17-14(19)16-11/h1-8H,(H,15,18)(H2,16,17,19). The van der Waals surface area contributed by atoms with Gasteiger partial charge in [0.05, 0.1) is 17.3 Å². The topological polar surface area (TPSA) is 90.9 Å². The SMILES string of the molecule is O=C(C=Cc1ccco1)Nc1ccc2[nH]c(=O)[nH]c2c1. The van der Waals surface area contributed by atoms with Gasteiger partial charge in [-0.3, -0.25) is 4.79 Å². The summed E-state index contributed by atoms with van der Waals surface area (Å²) in [5.74, 6) is 0.323. The van der Waals surface area contributed by atoms with Crippen LogP contribution in [0.1, 0.15) is 5.76 Å². The van der Waals surface area contributed by atoms with Crippen LogP contribution in [0.3, 0.4) is 0 Å². The normalized spacial score (nSPS) is 11.2. The number of hydrogen-bond acceptors (Lipinski definition) is 3. The summed E-state index contributed by atoms with van der Waals surface area (Å²) in [5.41, 5.74) is 1.66. The number of aromatic nitrogens is 2. The van der Waals surface area contributed by atoms with E-state index in [1.165, 1.54) is 12.3 Å². The Morgan fingerprint density at radius 2 is 2.05 bits per heavy atom. The molecule has 0 saturated heterocycles. The van der Waals surface area contributed by atoms with Gasteiger partial charge in [-0.25, -0.2) is 4.79 Å². The number of nitrogens with one attached hydrogen (secondary N) is 3. The zero-order chi connectivity index (χ0) is 13.9. The summed E-state index contributed by atoms with van der Waals surface area (Å²) in [6, 6.07) is 8.61. The van der Waals surface area contributed by atoms with E-state index < -0.39 is 0 Å². The van der Waals surface area contributed by atoms with Crippen molar-refractivity contribution in [3.05, 3.63) is 58.9 Å². The maximum atomic E-state index is 11.7. The molecule has 3 N–H and O–H groups in total.